The summed E-state index contributed by atoms with van der Waals surface area (Å²) in [6, 6.07) is 6.97. The Balaban J connectivity index is 1.73. The molecule has 4 aliphatic rings. The summed E-state index contributed by atoms with van der Waals surface area (Å²) in [5, 5.41) is 9.19. The van der Waals surface area contributed by atoms with E-state index in [1.54, 1.807) is 0 Å². The van der Waals surface area contributed by atoms with Crippen molar-refractivity contribution in [2.75, 3.05) is 0 Å². The zero-order valence-corrected chi connectivity index (χ0v) is 10.0. The Morgan fingerprint density at radius 3 is 2.29 bits per heavy atom. The molecule has 0 aliphatic heterocycles. The van der Waals surface area contributed by atoms with E-state index >= 15 is 0 Å². The highest BCUT2D eigenvalue weighted by Crippen LogP contribution is 2.58. The molecule has 0 unspecified atom stereocenters. The summed E-state index contributed by atoms with van der Waals surface area (Å²) in [5.41, 5.74) is 0.863. The van der Waals surface area contributed by atoms with E-state index in [-0.39, 0.29) is 0 Å². The molecule has 4 aliphatic carbocycles. The minimum atomic E-state index is 0.632. The maximum absolute atomic E-state index is 9.19. The van der Waals surface area contributed by atoms with Crippen LogP contribution in [0.25, 0.3) is 0 Å². The number of hydrogen-bond acceptors (Lipinski definition) is 1. The van der Waals surface area contributed by atoms with E-state index in [1.165, 1.54) is 32.1 Å². The first kappa shape index (κ1) is 9.76. The van der Waals surface area contributed by atoms with Gasteiger partial charge in [0.1, 0.15) is 11.8 Å². The van der Waals surface area contributed by atoms with Crippen LogP contribution in [-0.2, 0) is 0 Å². The lowest BCUT2D eigenvalue weighted by Crippen LogP contribution is -2.45. The van der Waals surface area contributed by atoms with E-state index in [4.69, 9.17) is 0 Å². The van der Waals surface area contributed by atoms with E-state index in [0.717, 1.165) is 29.4 Å². The van der Waals surface area contributed by atoms with Crippen LogP contribution in [0, 0.1) is 35.0 Å². The van der Waals surface area contributed by atoms with Crippen LogP contribution in [0.2, 0.25) is 0 Å². The third kappa shape index (κ3) is 1.32. The topological polar surface area (TPSA) is 28.7 Å². The van der Waals surface area contributed by atoms with Gasteiger partial charge in [-0.05, 0) is 67.9 Å². The molecule has 88 valence electrons. The van der Waals surface area contributed by atoms with Gasteiger partial charge in [0, 0.05) is 12.2 Å². The molecule has 5 rings (SSSR count). The van der Waals surface area contributed by atoms with Crippen molar-refractivity contribution in [3.8, 4) is 6.07 Å². The fraction of sp³-hybridized carbons (Fsp3) is 0.667. The molecule has 0 N–H and O–H groups in total. The Hall–Kier alpha value is -1.23. The molecular formula is C15H18N2. The van der Waals surface area contributed by atoms with Crippen LogP contribution in [0.1, 0.15) is 43.8 Å². The van der Waals surface area contributed by atoms with Crippen LogP contribution >= 0.6 is 0 Å². The van der Waals surface area contributed by atoms with Crippen LogP contribution < -0.4 is 0 Å². The molecule has 0 saturated heterocycles. The molecule has 0 spiro atoms. The fourth-order valence-electron chi connectivity index (χ4n) is 5.10. The third-order valence-corrected chi connectivity index (χ3v) is 5.39. The second kappa shape index (κ2) is 3.38. The molecule has 4 fully saturated rings. The SMILES string of the molecule is N#Cc1cccn1C1C2CC3CC(C2)CC1C3. The average molecular weight is 226 g/mol. The summed E-state index contributed by atoms with van der Waals surface area (Å²) in [6.45, 7) is 0. The molecule has 2 nitrogen and oxygen atoms in total. The molecule has 1 aromatic rings. The van der Waals surface area contributed by atoms with Crippen molar-refractivity contribution in [2.45, 2.75) is 38.1 Å². The van der Waals surface area contributed by atoms with Crippen molar-refractivity contribution < 1.29 is 0 Å². The number of nitriles is 1. The van der Waals surface area contributed by atoms with Gasteiger partial charge in [-0.3, -0.25) is 0 Å². The largest absolute Gasteiger partial charge is 0.336 e. The minimum Gasteiger partial charge on any atom is -0.336 e. The smallest absolute Gasteiger partial charge is 0.120 e. The quantitative estimate of drug-likeness (QED) is 0.721. The van der Waals surface area contributed by atoms with Crippen molar-refractivity contribution in [1.82, 2.24) is 4.57 Å². The van der Waals surface area contributed by atoms with Crippen molar-refractivity contribution in [2.24, 2.45) is 23.7 Å². The van der Waals surface area contributed by atoms with Crippen LogP contribution in [0.15, 0.2) is 18.3 Å². The molecule has 4 bridgehead atoms. The number of aromatic nitrogens is 1. The summed E-state index contributed by atoms with van der Waals surface area (Å²) in [4.78, 5) is 0. The normalized spacial score (nSPS) is 42.6. The van der Waals surface area contributed by atoms with E-state index in [2.05, 4.69) is 16.8 Å². The average Bonchev–Trinajstić information content (AvgIpc) is 2.75. The zero-order valence-electron chi connectivity index (χ0n) is 10.0. The monoisotopic (exact) mass is 226 g/mol. The summed E-state index contributed by atoms with van der Waals surface area (Å²) in [6.07, 6.45) is 9.30. The first-order valence-electron chi connectivity index (χ1n) is 6.92. The number of hydrogen-bond donors (Lipinski definition) is 0. The Morgan fingerprint density at radius 2 is 1.71 bits per heavy atom. The third-order valence-electron chi connectivity index (χ3n) is 5.39. The van der Waals surface area contributed by atoms with Gasteiger partial charge in [0.15, 0.2) is 0 Å². The van der Waals surface area contributed by atoms with Crippen molar-refractivity contribution in [1.29, 1.82) is 5.26 Å². The Labute approximate surface area is 102 Å². The van der Waals surface area contributed by atoms with Crippen LogP contribution in [0.5, 0.6) is 0 Å². The maximum Gasteiger partial charge on any atom is 0.120 e. The molecule has 0 aromatic carbocycles. The highest BCUT2D eigenvalue weighted by Gasteiger charge is 2.48. The summed E-state index contributed by atoms with van der Waals surface area (Å²) in [5.74, 6) is 3.72. The van der Waals surface area contributed by atoms with Gasteiger partial charge < -0.3 is 4.57 Å². The maximum atomic E-state index is 9.19. The lowest BCUT2D eigenvalue weighted by molar-refractivity contribution is -0.0292. The molecule has 4 saturated carbocycles. The predicted molar refractivity (Wildman–Crippen MR) is 65.2 cm³/mol. The highest BCUT2D eigenvalue weighted by molar-refractivity contribution is 5.24. The molecule has 17 heavy (non-hydrogen) atoms. The van der Waals surface area contributed by atoms with Crippen LogP contribution in [0.3, 0.4) is 0 Å². The molecule has 0 radical (unpaired) electrons. The lowest BCUT2D eigenvalue weighted by atomic mass is 9.54. The van der Waals surface area contributed by atoms with Gasteiger partial charge in [0.2, 0.25) is 0 Å². The van der Waals surface area contributed by atoms with Crippen molar-refractivity contribution in [3.63, 3.8) is 0 Å². The van der Waals surface area contributed by atoms with Crippen molar-refractivity contribution in [3.05, 3.63) is 24.0 Å². The predicted octanol–water partition coefficient (Wildman–Crippen LogP) is 3.36. The Morgan fingerprint density at radius 1 is 1.06 bits per heavy atom. The van der Waals surface area contributed by atoms with Gasteiger partial charge in [0.25, 0.3) is 0 Å². The van der Waals surface area contributed by atoms with E-state index < -0.39 is 0 Å². The van der Waals surface area contributed by atoms with Gasteiger partial charge >= 0.3 is 0 Å². The molecular weight excluding hydrogens is 208 g/mol. The fourth-order valence-corrected chi connectivity index (χ4v) is 5.10. The Bertz CT molecular complexity index is 451. The van der Waals surface area contributed by atoms with Gasteiger partial charge in [0.05, 0.1) is 0 Å². The van der Waals surface area contributed by atoms with E-state index in [0.29, 0.717) is 6.04 Å². The lowest BCUT2D eigenvalue weighted by Gasteiger charge is -2.54. The first-order valence-corrected chi connectivity index (χ1v) is 6.92. The van der Waals surface area contributed by atoms with Crippen LogP contribution in [0.4, 0.5) is 0 Å². The summed E-state index contributed by atoms with van der Waals surface area (Å²) >= 11 is 0. The molecule has 1 aromatic heterocycles. The zero-order chi connectivity index (χ0) is 11.4. The van der Waals surface area contributed by atoms with Gasteiger partial charge in [-0.2, -0.15) is 5.26 Å². The minimum absolute atomic E-state index is 0.632. The molecule has 1 heterocycles. The molecule has 0 atom stereocenters. The summed E-state index contributed by atoms with van der Waals surface area (Å²) < 4.78 is 2.28. The Kier molecular flexibility index (Phi) is 1.94. The molecule has 2 heteroatoms. The molecule has 0 amide bonds. The van der Waals surface area contributed by atoms with Crippen molar-refractivity contribution >= 4 is 0 Å². The standard InChI is InChI=1S/C15H18N2/c16-9-14-2-1-3-17(14)15-12-5-10-4-11(7-12)8-13(15)6-10/h1-3,10-13,15H,4-8H2. The second-order valence-corrected chi connectivity index (χ2v) is 6.33. The number of rotatable bonds is 1. The van der Waals surface area contributed by atoms with Gasteiger partial charge in [-0.25, -0.2) is 0 Å². The van der Waals surface area contributed by atoms with E-state index in [1.807, 2.05) is 12.1 Å². The second-order valence-electron chi connectivity index (χ2n) is 6.33. The van der Waals surface area contributed by atoms with E-state index in [9.17, 15) is 5.26 Å². The number of nitrogens with zero attached hydrogens (tertiary/aromatic N) is 2. The van der Waals surface area contributed by atoms with Gasteiger partial charge in [-0.1, -0.05) is 0 Å². The first-order chi connectivity index (χ1) is 8.35. The summed E-state index contributed by atoms with van der Waals surface area (Å²) in [7, 11) is 0. The van der Waals surface area contributed by atoms with Crippen LogP contribution in [-0.4, -0.2) is 4.57 Å². The van der Waals surface area contributed by atoms with Gasteiger partial charge in [-0.15, -0.1) is 0 Å². The highest BCUT2D eigenvalue weighted by atomic mass is 15.0.